The summed E-state index contributed by atoms with van der Waals surface area (Å²) in [4.78, 5) is 52.9. The summed E-state index contributed by atoms with van der Waals surface area (Å²) in [5, 5.41) is 2.91. The lowest BCUT2D eigenvalue weighted by atomic mass is 9.80. The highest BCUT2D eigenvalue weighted by Gasteiger charge is 2.69. The van der Waals surface area contributed by atoms with E-state index in [2.05, 4.69) is 19.2 Å². The summed E-state index contributed by atoms with van der Waals surface area (Å²) in [6.07, 6.45) is 8.41. The van der Waals surface area contributed by atoms with Gasteiger partial charge in [-0.15, -0.1) is 0 Å². The minimum Gasteiger partial charge on any atom is -0.344 e. The van der Waals surface area contributed by atoms with Crippen LogP contribution in [0.15, 0.2) is 0 Å². The van der Waals surface area contributed by atoms with Crippen LogP contribution in [0.1, 0.15) is 79.1 Å². The molecule has 4 fully saturated rings. The molecule has 0 unspecified atom stereocenters. The summed E-state index contributed by atoms with van der Waals surface area (Å²) < 4.78 is 0. The Kier molecular flexibility index (Phi) is 6.04. The van der Waals surface area contributed by atoms with Crippen LogP contribution in [-0.2, 0) is 19.2 Å². The number of hydrogen-bond donors (Lipinski definition) is 1. The highest BCUT2D eigenvalue weighted by Crippen LogP contribution is 2.65. The van der Waals surface area contributed by atoms with Gasteiger partial charge in [0, 0.05) is 19.4 Å². The Balaban J connectivity index is 1.49. The predicted octanol–water partition coefficient (Wildman–Crippen LogP) is 3.13. The van der Waals surface area contributed by atoms with Gasteiger partial charge < -0.3 is 10.2 Å². The Morgan fingerprint density at radius 3 is 2.26 bits per heavy atom. The largest absolute Gasteiger partial charge is 0.344 e. The maximum absolute atomic E-state index is 13.5. The standard InChI is InChI=1S/C25H38N2O4/c1-14(17-8-6-5-7-9-17)24(31)27-13-18-20(25(18,3)4)21(27)23(30)26-19(12-16-10-11-16)22(29)15(2)28/h14,16-21H,5-13H2,1-4H3,(H,26,30)/t14-,18-,19-,20-,21-/m0/s1. The zero-order chi connectivity index (χ0) is 22.5. The first-order valence-corrected chi connectivity index (χ1v) is 12.3. The molecule has 31 heavy (non-hydrogen) atoms. The lowest BCUT2D eigenvalue weighted by Gasteiger charge is -2.35. The van der Waals surface area contributed by atoms with E-state index in [4.69, 9.17) is 0 Å². The number of likely N-dealkylation sites (tertiary alicyclic amines) is 1. The van der Waals surface area contributed by atoms with Crippen molar-refractivity contribution in [3.05, 3.63) is 0 Å². The second kappa shape index (κ2) is 8.32. The van der Waals surface area contributed by atoms with Crippen LogP contribution in [0.5, 0.6) is 0 Å². The van der Waals surface area contributed by atoms with E-state index in [0.29, 0.717) is 30.7 Å². The van der Waals surface area contributed by atoms with Gasteiger partial charge in [0.2, 0.25) is 17.6 Å². The lowest BCUT2D eigenvalue weighted by Crippen LogP contribution is -2.55. The molecule has 4 aliphatic rings. The molecule has 1 saturated heterocycles. The molecule has 1 aliphatic heterocycles. The van der Waals surface area contributed by atoms with Crippen molar-refractivity contribution in [1.29, 1.82) is 0 Å². The smallest absolute Gasteiger partial charge is 0.243 e. The van der Waals surface area contributed by atoms with E-state index in [9.17, 15) is 19.2 Å². The Bertz CT molecular complexity index is 765. The van der Waals surface area contributed by atoms with Gasteiger partial charge in [-0.05, 0) is 48.3 Å². The minimum absolute atomic E-state index is 0.0312. The van der Waals surface area contributed by atoms with Gasteiger partial charge in [-0.3, -0.25) is 19.2 Å². The van der Waals surface area contributed by atoms with Crippen molar-refractivity contribution in [3.63, 3.8) is 0 Å². The maximum Gasteiger partial charge on any atom is 0.243 e. The van der Waals surface area contributed by atoms with E-state index < -0.39 is 23.7 Å². The second-order valence-corrected chi connectivity index (χ2v) is 11.2. The zero-order valence-electron chi connectivity index (χ0n) is 19.5. The molecular weight excluding hydrogens is 392 g/mol. The Morgan fingerprint density at radius 2 is 1.68 bits per heavy atom. The fourth-order valence-corrected chi connectivity index (χ4v) is 6.33. The molecule has 0 aromatic carbocycles. The third-order valence-electron chi connectivity index (χ3n) is 8.75. The minimum atomic E-state index is -0.758. The topological polar surface area (TPSA) is 83.6 Å². The van der Waals surface area contributed by atoms with Crippen LogP contribution >= 0.6 is 0 Å². The zero-order valence-corrected chi connectivity index (χ0v) is 19.5. The maximum atomic E-state index is 13.5. The van der Waals surface area contributed by atoms with E-state index in [1.165, 1.54) is 26.2 Å². The molecule has 3 aliphatic carbocycles. The van der Waals surface area contributed by atoms with Crippen molar-refractivity contribution in [2.24, 2.45) is 35.0 Å². The SMILES string of the molecule is CC(=O)C(=O)[C@H](CC1CC1)NC(=O)[C@@H]1[C@@H]2[C@H](CN1C(=O)[C@@H](C)C1CCCCC1)C2(C)C. The van der Waals surface area contributed by atoms with Crippen LogP contribution < -0.4 is 5.32 Å². The number of fused-ring (bicyclic) bond motifs is 1. The van der Waals surface area contributed by atoms with Crippen LogP contribution in [0.4, 0.5) is 0 Å². The third-order valence-corrected chi connectivity index (χ3v) is 8.75. The van der Waals surface area contributed by atoms with Gasteiger partial charge in [0.15, 0.2) is 5.78 Å². The first kappa shape index (κ1) is 22.5. The summed E-state index contributed by atoms with van der Waals surface area (Å²) in [6, 6.07) is -1.29. The number of carbonyl (C=O) groups excluding carboxylic acids is 4. The van der Waals surface area contributed by atoms with Gasteiger partial charge in [-0.2, -0.15) is 0 Å². The number of Topliss-reactive ketones (excluding diaryl/α,β-unsaturated/α-hetero) is 2. The Morgan fingerprint density at radius 1 is 1.03 bits per heavy atom. The van der Waals surface area contributed by atoms with Crippen molar-refractivity contribution >= 4 is 23.4 Å². The number of carbonyl (C=O) groups is 4. The van der Waals surface area contributed by atoms with Crippen molar-refractivity contribution < 1.29 is 19.2 Å². The molecular formula is C25H38N2O4. The summed E-state index contributed by atoms with van der Waals surface area (Å²) in [5.74, 6) is 0.00833. The average Bonchev–Trinajstić information content (AvgIpc) is 3.59. The molecule has 0 aromatic heterocycles. The van der Waals surface area contributed by atoms with Crippen LogP contribution in [0.25, 0.3) is 0 Å². The first-order valence-electron chi connectivity index (χ1n) is 12.3. The van der Waals surface area contributed by atoms with Crippen molar-refractivity contribution in [2.75, 3.05) is 6.54 Å². The molecule has 1 heterocycles. The number of ketones is 2. The molecule has 3 saturated carbocycles. The summed E-state index contributed by atoms with van der Waals surface area (Å²) in [5.41, 5.74) is 0.0312. The van der Waals surface area contributed by atoms with Crippen molar-refractivity contribution in [2.45, 2.75) is 91.1 Å². The van der Waals surface area contributed by atoms with Gasteiger partial charge in [0.25, 0.3) is 0 Å². The second-order valence-electron chi connectivity index (χ2n) is 11.2. The van der Waals surface area contributed by atoms with Crippen LogP contribution in [0.3, 0.4) is 0 Å². The van der Waals surface area contributed by atoms with Crippen molar-refractivity contribution in [3.8, 4) is 0 Å². The Hall–Kier alpha value is -1.72. The van der Waals surface area contributed by atoms with Crippen LogP contribution in [-0.4, -0.2) is 46.9 Å². The quantitative estimate of drug-likeness (QED) is 0.600. The average molecular weight is 431 g/mol. The molecule has 0 radical (unpaired) electrons. The summed E-state index contributed by atoms with van der Waals surface area (Å²) >= 11 is 0. The number of piperidine rings is 1. The van der Waals surface area contributed by atoms with E-state index in [0.717, 1.165) is 25.7 Å². The van der Waals surface area contributed by atoms with E-state index in [1.807, 2.05) is 11.8 Å². The number of nitrogens with one attached hydrogen (secondary N) is 1. The van der Waals surface area contributed by atoms with E-state index in [1.54, 1.807) is 0 Å². The monoisotopic (exact) mass is 430 g/mol. The molecule has 6 heteroatoms. The predicted molar refractivity (Wildman–Crippen MR) is 117 cm³/mol. The fourth-order valence-electron chi connectivity index (χ4n) is 6.33. The molecule has 0 bridgehead atoms. The molecule has 0 spiro atoms. The van der Waals surface area contributed by atoms with E-state index in [-0.39, 0.29) is 29.1 Å². The number of hydrogen-bond acceptors (Lipinski definition) is 4. The van der Waals surface area contributed by atoms with Gasteiger partial charge in [-0.1, -0.05) is 52.9 Å². The first-order chi connectivity index (χ1) is 14.6. The summed E-state index contributed by atoms with van der Waals surface area (Å²) in [7, 11) is 0. The van der Waals surface area contributed by atoms with Gasteiger partial charge in [0.1, 0.15) is 6.04 Å². The molecule has 0 aromatic rings. The highest BCUT2D eigenvalue weighted by molar-refractivity contribution is 6.38. The third kappa shape index (κ3) is 4.31. The molecule has 4 rings (SSSR count). The molecule has 172 valence electrons. The van der Waals surface area contributed by atoms with Crippen LogP contribution in [0.2, 0.25) is 0 Å². The highest BCUT2D eigenvalue weighted by atomic mass is 16.2. The molecule has 6 nitrogen and oxygen atoms in total. The molecule has 5 atom stereocenters. The number of nitrogens with zero attached hydrogens (tertiary/aromatic N) is 1. The van der Waals surface area contributed by atoms with Crippen molar-refractivity contribution in [1.82, 2.24) is 10.2 Å². The fraction of sp³-hybridized carbons (Fsp3) is 0.840. The van der Waals surface area contributed by atoms with Gasteiger partial charge in [0.05, 0.1) is 6.04 Å². The number of amides is 2. The molecule has 1 N–H and O–H groups in total. The van der Waals surface area contributed by atoms with E-state index >= 15 is 0 Å². The van der Waals surface area contributed by atoms with Crippen LogP contribution in [0, 0.1) is 35.0 Å². The van der Waals surface area contributed by atoms with Gasteiger partial charge in [-0.25, -0.2) is 0 Å². The van der Waals surface area contributed by atoms with Gasteiger partial charge >= 0.3 is 0 Å². The normalized spacial score (nSPS) is 31.5. The lowest BCUT2D eigenvalue weighted by molar-refractivity contribution is -0.145. The summed E-state index contributed by atoms with van der Waals surface area (Å²) in [6.45, 7) is 8.25. The Labute approximate surface area is 185 Å². The molecule has 2 amide bonds. The number of rotatable bonds is 8.